The van der Waals surface area contributed by atoms with Crippen LogP contribution in [0.1, 0.15) is 39.2 Å². The van der Waals surface area contributed by atoms with Crippen molar-refractivity contribution in [1.82, 2.24) is 19.7 Å². The number of rotatable bonds is 9. The minimum absolute atomic E-state index is 0.0482. The van der Waals surface area contributed by atoms with Crippen LogP contribution < -0.4 is 0 Å². The minimum Gasteiger partial charge on any atom is -0.469 e. The number of esters is 1. The maximum Gasteiger partial charge on any atom is 0.310 e. The first-order valence-electron chi connectivity index (χ1n) is 9.36. The predicted octanol–water partition coefficient (Wildman–Crippen LogP) is 3.14. The SMILES string of the molecule is CCN(CC(C)C(=O)OC)C(=O)CSc1nncn1-c1ccc(C(C)C)cc1. The Hall–Kier alpha value is -2.35. The lowest BCUT2D eigenvalue weighted by Crippen LogP contribution is -2.38. The van der Waals surface area contributed by atoms with Gasteiger partial charge < -0.3 is 9.64 Å². The Kier molecular flexibility index (Phi) is 8.04. The van der Waals surface area contributed by atoms with Crippen molar-refractivity contribution in [2.24, 2.45) is 5.92 Å². The Labute approximate surface area is 170 Å². The molecular formula is C20H28N4O3S. The Balaban J connectivity index is 2.02. The highest BCUT2D eigenvalue weighted by Crippen LogP contribution is 2.22. The van der Waals surface area contributed by atoms with Crippen LogP contribution in [-0.4, -0.2) is 57.5 Å². The Bertz CT molecular complexity index is 789. The molecule has 2 aromatic rings. The summed E-state index contributed by atoms with van der Waals surface area (Å²) < 4.78 is 6.61. The van der Waals surface area contributed by atoms with Crippen LogP contribution >= 0.6 is 11.8 Å². The molecular weight excluding hydrogens is 376 g/mol. The van der Waals surface area contributed by atoms with E-state index in [4.69, 9.17) is 4.74 Å². The van der Waals surface area contributed by atoms with Gasteiger partial charge in [0, 0.05) is 18.8 Å². The smallest absolute Gasteiger partial charge is 0.310 e. The number of nitrogens with zero attached hydrogens (tertiary/aromatic N) is 4. The van der Waals surface area contributed by atoms with Gasteiger partial charge in [-0.1, -0.05) is 44.7 Å². The van der Waals surface area contributed by atoms with Gasteiger partial charge in [0.2, 0.25) is 5.91 Å². The third kappa shape index (κ3) is 5.58. The summed E-state index contributed by atoms with van der Waals surface area (Å²) in [5.41, 5.74) is 2.22. The fourth-order valence-electron chi connectivity index (χ4n) is 2.75. The summed E-state index contributed by atoms with van der Waals surface area (Å²) in [5, 5.41) is 8.78. The molecule has 0 spiro atoms. The lowest BCUT2D eigenvalue weighted by molar-refractivity contribution is -0.146. The number of hydrogen-bond acceptors (Lipinski definition) is 6. The van der Waals surface area contributed by atoms with E-state index in [-0.39, 0.29) is 23.5 Å². The first kappa shape index (κ1) is 21.9. The van der Waals surface area contributed by atoms with Gasteiger partial charge >= 0.3 is 5.97 Å². The molecule has 0 N–H and O–H groups in total. The van der Waals surface area contributed by atoms with Crippen molar-refractivity contribution in [1.29, 1.82) is 0 Å². The number of hydrogen-bond donors (Lipinski definition) is 0. The van der Waals surface area contributed by atoms with Crippen molar-refractivity contribution in [3.8, 4) is 5.69 Å². The second kappa shape index (κ2) is 10.3. The molecule has 0 aliphatic carbocycles. The standard InChI is InChI=1S/C20H28N4O3S/c1-6-23(11-15(4)19(26)27-5)18(25)12-28-20-22-21-13-24(20)17-9-7-16(8-10-17)14(2)3/h7-10,13-15H,6,11-12H2,1-5H3. The summed E-state index contributed by atoms with van der Waals surface area (Å²) in [6.45, 7) is 8.83. The number of ether oxygens (including phenoxy) is 1. The molecule has 7 nitrogen and oxygen atoms in total. The Morgan fingerprint density at radius 2 is 1.89 bits per heavy atom. The van der Waals surface area contributed by atoms with Crippen molar-refractivity contribution in [3.63, 3.8) is 0 Å². The predicted molar refractivity (Wildman–Crippen MR) is 110 cm³/mol. The molecule has 0 radical (unpaired) electrons. The highest BCUT2D eigenvalue weighted by atomic mass is 32.2. The van der Waals surface area contributed by atoms with Gasteiger partial charge in [0.25, 0.3) is 0 Å². The fourth-order valence-corrected chi connectivity index (χ4v) is 3.58. The summed E-state index contributed by atoms with van der Waals surface area (Å²) in [5.74, 6) is -0.0304. The summed E-state index contributed by atoms with van der Waals surface area (Å²) in [4.78, 5) is 25.8. The zero-order valence-electron chi connectivity index (χ0n) is 17.1. The maximum absolute atomic E-state index is 12.6. The number of aromatic nitrogens is 3. The second-order valence-corrected chi connectivity index (χ2v) is 7.82. The maximum atomic E-state index is 12.6. The van der Waals surface area contributed by atoms with Crippen LogP contribution in [0.4, 0.5) is 0 Å². The van der Waals surface area contributed by atoms with Gasteiger partial charge in [-0.15, -0.1) is 10.2 Å². The molecule has 1 unspecified atom stereocenters. The zero-order valence-corrected chi connectivity index (χ0v) is 17.9. The molecule has 8 heteroatoms. The highest BCUT2D eigenvalue weighted by molar-refractivity contribution is 7.99. The van der Waals surface area contributed by atoms with Crippen molar-refractivity contribution in [2.75, 3.05) is 26.0 Å². The van der Waals surface area contributed by atoms with E-state index in [0.717, 1.165) is 5.69 Å². The van der Waals surface area contributed by atoms with E-state index in [9.17, 15) is 9.59 Å². The largest absolute Gasteiger partial charge is 0.469 e. The van der Waals surface area contributed by atoms with Gasteiger partial charge in [0.1, 0.15) is 6.33 Å². The van der Waals surface area contributed by atoms with Gasteiger partial charge in [-0.05, 0) is 30.5 Å². The van der Waals surface area contributed by atoms with Gasteiger partial charge in [0.15, 0.2) is 5.16 Å². The number of carbonyl (C=O) groups is 2. The van der Waals surface area contributed by atoms with E-state index in [0.29, 0.717) is 24.2 Å². The average Bonchev–Trinajstić information content (AvgIpc) is 3.17. The van der Waals surface area contributed by atoms with Crippen molar-refractivity contribution in [3.05, 3.63) is 36.2 Å². The quantitative estimate of drug-likeness (QED) is 0.472. The van der Waals surface area contributed by atoms with Crippen molar-refractivity contribution >= 4 is 23.6 Å². The number of amides is 1. The van der Waals surface area contributed by atoms with Crippen LogP contribution in [0, 0.1) is 5.92 Å². The van der Waals surface area contributed by atoms with Gasteiger partial charge in [-0.3, -0.25) is 14.2 Å². The number of thioether (sulfide) groups is 1. The van der Waals surface area contributed by atoms with Crippen molar-refractivity contribution in [2.45, 2.75) is 38.8 Å². The van der Waals surface area contributed by atoms with Gasteiger partial charge in [-0.2, -0.15) is 0 Å². The van der Waals surface area contributed by atoms with Crippen LogP contribution in [0.2, 0.25) is 0 Å². The number of methoxy groups -OCH3 is 1. The van der Waals surface area contributed by atoms with E-state index in [2.05, 4.69) is 36.2 Å². The summed E-state index contributed by atoms with van der Waals surface area (Å²) in [6, 6.07) is 8.24. The summed E-state index contributed by atoms with van der Waals surface area (Å²) >= 11 is 1.33. The lowest BCUT2D eigenvalue weighted by atomic mass is 10.0. The molecule has 1 atom stereocenters. The van der Waals surface area contributed by atoms with Crippen LogP contribution in [-0.2, 0) is 14.3 Å². The Morgan fingerprint density at radius 1 is 1.21 bits per heavy atom. The molecule has 2 rings (SSSR count). The molecule has 1 aromatic heterocycles. The molecule has 0 aliphatic heterocycles. The van der Waals surface area contributed by atoms with Gasteiger partial charge in [0.05, 0.1) is 18.8 Å². The second-order valence-electron chi connectivity index (χ2n) is 6.88. The Morgan fingerprint density at radius 3 is 2.46 bits per heavy atom. The molecule has 152 valence electrons. The van der Waals surface area contributed by atoms with Crippen LogP contribution in [0.25, 0.3) is 5.69 Å². The lowest BCUT2D eigenvalue weighted by Gasteiger charge is -2.23. The first-order valence-corrected chi connectivity index (χ1v) is 10.3. The number of benzene rings is 1. The van der Waals surface area contributed by atoms with E-state index >= 15 is 0 Å². The van der Waals surface area contributed by atoms with Crippen LogP contribution in [0.3, 0.4) is 0 Å². The molecule has 0 saturated carbocycles. The van der Waals surface area contributed by atoms with E-state index in [1.54, 1.807) is 18.2 Å². The first-order chi connectivity index (χ1) is 13.4. The third-order valence-electron chi connectivity index (χ3n) is 4.51. The van der Waals surface area contributed by atoms with Gasteiger partial charge in [-0.25, -0.2) is 0 Å². The molecule has 0 aliphatic rings. The van der Waals surface area contributed by atoms with E-state index in [1.807, 2.05) is 23.6 Å². The molecule has 28 heavy (non-hydrogen) atoms. The summed E-state index contributed by atoms with van der Waals surface area (Å²) in [6.07, 6.45) is 1.65. The van der Waals surface area contributed by atoms with Crippen LogP contribution in [0.15, 0.2) is 35.7 Å². The number of carbonyl (C=O) groups excluding carboxylic acids is 2. The normalized spacial score (nSPS) is 12.1. The van der Waals surface area contributed by atoms with E-state index in [1.165, 1.54) is 24.4 Å². The van der Waals surface area contributed by atoms with E-state index < -0.39 is 0 Å². The molecule has 1 amide bonds. The topological polar surface area (TPSA) is 77.3 Å². The van der Waals surface area contributed by atoms with Crippen LogP contribution in [0.5, 0.6) is 0 Å². The third-order valence-corrected chi connectivity index (χ3v) is 5.44. The zero-order chi connectivity index (χ0) is 20.7. The molecule has 1 aromatic carbocycles. The fraction of sp³-hybridized carbons (Fsp3) is 0.500. The highest BCUT2D eigenvalue weighted by Gasteiger charge is 2.21. The molecule has 0 bridgehead atoms. The molecule has 0 fully saturated rings. The molecule has 1 heterocycles. The monoisotopic (exact) mass is 404 g/mol. The summed E-state index contributed by atoms with van der Waals surface area (Å²) in [7, 11) is 1.35. The average molecular weight is 405 g/mol. The minimum atomic E-state index is -0.359. The van der Waals surface area contributed by atoms with Crippen molar-refractivity contribution < 1.29 is 14.3 Å². The molecule has 0 saturated heterocycles.